The molecule has 0 saturated carbocycles. The maximum atomic E-state index is 12.9. The maximum absolute atomic E-state index is 12.9. The minimum Gasteiger partial charge on any atom is -0.479 e. The van der Waals surface area contributed by atoms with Crippen LogP contribution in [-0.2, 0) is 9.53 Å². The van der Waals surface area contributed by atoms with Crippen molar-refractivity contribution in [2.75, 3.05) is 0 Å². The van der Waals surface area contributed by atoms with E-state index in [9.17, 15) is 14.0 Å². The number of allylic oxidation sites excluding steroid dienone is 2. The highest BCUT2D eigenvalue weighted by Crippen LogP contribution is 2.18. The van der Waals surface area contributed by atoms with Crippen molar-refractivity contribution >= 4 is 12.1 Å². The highest BCUT2D eigenvalue weighted by atomic mass is 19.1. The second kappa shape index (κ2) is 4.57. The van der Waals surface area contributed by atoms with E-state index >= 15 is 0 Å². The molecule has 6 heteroatoms. The molecular formula is C11H14FNO4. The van der Waals surface area contributed by atoms with E-state index in [4.69, 9.17) is 9.84 Å². The van der Waals surface area contributed by atoms with Gasteiger partial charge in [0.25, 0.3) is 0 Å². The molecule has 94 valence electrons. The Morgan fingerprint density at radius 1 is 1.47 bits per heavy atom. The summed E-state index contributed by atoms with van der Waals surface area (Å²) in [6.07, 6.45) is 2.07. The summed E-state index contributed by atoms with van der Waals surface area (Å²) in [5.41, 5.74) is -0.742. The molecular weight excluding hydrogens is 229 g/mol. The van der Waals surface area contributed by atoms with Gasteiger partial charge in [0, 0.05) is 6.20 Å². The third-order valence-corrected chi connectivity index (χ3v) is 1.87. The van der Waals surface area contributed by atoms with Crippen LogP contribution in [-0.4, -0.2) is 33.7 Å². The third kappa shape index (κ3) is 3.58. The Balaban J connectivity index is 2.86. The van der Waals surface area contributed by atoms with Gasteiger partial charge in [0.2, 0.25) is 0 Å². The number of rotatable bonds is 1. The van der Waals surface area contributed by atoms with Gasteiger partial charge < -0.3 is 9.84 Å². The van der Waals surface area contributed by atoms with Crippen LogP contribution >= 0.6 is 0 Å². The Kier molecular flexibility index (Phi) is 3.55. The third-order valence-electron chi connectivity index (χ3n) is 1.87. The monoisotopic (exact) mass is 243 g/mol. The highest BCUT2D eigenvalue weighted by molar-refractivity contribution is 5.83. The summed E-state index contributed by atoms with van der Waals surface area (Å²) in [6.45, 7) is 4.97. The van der Waals surface area contributed by atoms with Gasteiger partial charge in [0.15, 0.2) is 6.04 Å². The molecule has 1 aliphatic rings. The van der Waals surface area contributed by atoms with Crippen molar-refractivity contribution in [3.63, 3.8) is 0 Å². The molecule has 1 rings (SSSR count). The molecule has 1 atom stereocenters. The minimum atomic E-state index is -1.38. The number of hydrogen-bond acceptors (Lipinski definition) is 3. The Bertz CT molecular complexity index is 395. The number of halogens is 1. The molecule has 1 aliphatic heterocycles. The average molecular weight is 243 g/mol. The fourth-order valence-electron chi connectivity index (χ4n) is 1.21. The number of carboxylic acids is 1. The normalized spacial score (nSPS) is 19.9. The van der Waals surface area contributed by atoms with Gasteiger partial charge in [-0.1, -0.05) is 0 Å². The zero-order valence-electron chi connectivity index (χ0n) is 9.81. The first kappa shape index (κ1) is 13.2. The molecule has 17 heavy (non-hydrogen) atoms. The van der Waals surface area contributed by atoms with Crippen molar-refractivity contribution in [3.8, 4) is 0 Å². The summed E-state index contributed by atoms with van der Waals surface area (Å²) >= 11 is 0. The van der Waals surface area contributed by atoms with Crippen LogP contribution in [0.4, 0.5) is 9.18 Å². The van der Waals surface area contributed by atoms with E-state index < -0.39 is 29.5 Å². The van der Waals surface area contributed by atoms with Crippen molar-refractivity contribution in [2.24, 2.45) is 0 Å². The lowest BCUT2D eigenvalue weighted by molar-refractivity contribution is -0.140. The minimum absolute atomic E-state index is 0.697. The molecule has 0 aromatic heterocycles. The maximum Gasteiger partial charge on any atom is 0.415 e. The van der Waals surface area contributed by atoms with Gasteiger partial charge in [-0.3, -0.25) is 4.90 Å². The number of carboxylic acid groups (broad SMARTS) is 1. The smallest absolute Gasteiger partial charge is 0.415 e. The number of nitrogens with zero attached hydrogens (tertiary/aromatic N) is 1. The number of carbonyl (C=O) groups is 2. The molecule has 0 saturated heterocycles. The summed E-state index contributed by atoms with van der Waals surface area (Å²) in [5.74, 6) is -2.02. The van der Waals surface area contributed by atoms with E-state index in [-0.39, 0.29) is 0 Å². The molecule has 0 radical (unpaired) electrons. The lowest BCUT2D eigenvalue weighted by atomic mass is 10.2. The lowest BCUT2D eigenvalue weighted by Gasteiger charge is -2.29. The zero-order chi connectivity index (χ0) is 13.2. The molecule has 0 unspecified atom stereocenters. The van der Waals surface area contributed by atoms with E-state index in [1.807, 2.05) is 0 Å². The van der Waals surface area contributed by atoms with Gasteiger partial charge in [-0.25, -0.2) is 14.0 Å². The summed E-state index contributed by atoms with van der Waals surface area (Å²) < 4.78 is 17.9. The largest absolute Gasteiger partial charge is 0.479 e. The van der Waals surface area contributed by atoms with Crippen molar-refractivity contribution < 1.29 is 23.8 Å². The van der Waals surface area contributed by atoms with Crippen LogP contribution in [0.25, 0.3) is 0 Å². The number of ether oxygens (including phenoxy) is 1. The van der Waals surface area contributed by atoms with E-state index in [2.05, 4.69) is 0 Å². The number of carbonyl (C=O) groups excluding carboxylic acids is 1. The molecule has 0 fully saturated rings. The van der Waals surface area contributed by atoms with Gasteiger partial charge in [0.1, 0.15) is 11.4 Å². The molecule has 0 aromatic rings. The number of hydrogen-bond donors (Lipinski definition) is 1. The van der Waals surface area contributed by atoms with Crippen LogP contribution in [0.3, 0.4) is 0 Å². The standard InChI is InChI=1S/C11H14FNO4/c1-11(2,3)17-10(16)13-5-4-7(12)6-8(13)9(14)15/h4-6,8H,1-3H3,(H,14,15)/t8-/m1/s1. The van der Waals surface area contributed by atoms with E-state index in [0.29, 0.717) is 0 Å². The first-order chi connectivity index (χ1) is 7.70. The molecule has 1 amide bonds. The Morgan fingerprint density at radius 2 is 2.06 bits per heavy atom. The predicted molar refractivity (Wildman–Crippen MR) is 57.8 cm³/mol. The van der Waals surface area contributed by atoms with Crippen molar-refractivity contribution in [2.45, 2.75) is 32.4 Å². The van der Waals surface area contributed by atoms with E-state index in [1.165, 1.54) is 0 Å². The van der Waals surface area contributed by atoms with Crippen LogP contribution in [0, 0.1) is 0 Å². The second-order valence-corrected chi connectivity index (χ2v) is 4.54. The first-order valence-corrected chi connectivity index (χ1v) is 5.00. The Morgan fingerprint density at radius 3 is 2.53 bits per heavy atom. The van der Waals surface area contributed by atoms with Gasteiger partial charge in [-0.2, -0.15) is 0 Å². The fraction of sp³-hybridized carbons (Fsp3) is 0.455. The van der Waals surface area contributed by atoms with E-state index in [0.717, 1.165) is 23.3 Å². The number of amides is 1. The molecule has 0 aromatic carbocycles. The topological polar surface area (TPSA) is 66.8 Å². The fourth-order valence-corrected chi connectivity index (χ4v) is 1.21. The quantitative estimate of drug-likeness (QED) is 0.765. The van der Waals surface area contributed by atoms with Gasteiger partial charge in [-0.15, -0.1) is 0 Å². The van der Waals surface area contributed by atoms with Crippen LogP contribution in [0.15, 0.2) is 24.2 Å². The predicted octanol–water partition coefficient (Wildman–Crippen LogP) is 2.06. The van der Waals surface area contributed by atoms with Crippen molar-refractivity contribution in [3.05, 3.63) is 24.2 Å². The molecule has 0 bridgehead atoms. The van der Waals surface area contributed by atoms with Gasteiger partial charge >= 0.3 is 12.1 Å². The van der Waals surface area contributed by atoms with Crippen LogP contribution < -0.4 is 0 Å². The van der Waals surface area contributed by atoms with Crippen LogP contribution in [0.2, 0.25) is 0 Å². The van der Waals surface area contributed by atoms with Gasteiger partial charge in [0.05, 0.1) is 0 Å². The molecule has 0 spiro atoms. The Hall–Kier alpha value is -1.85. The van der Waals surface area contributed by atoms with Crippen molar-refractivity contribution in [1.82, 2.24) is 4.90 Å². The summed E-state index contributed by atoms with van der Waals surface area (Å²) in [5, 5.41) is 8.88. The number of aliphatic carboxylic acids is 1. The average Bonchev–Trinajstić information content (AvgIpc) is 2.14. The van der Waals surface area contributed by atoms with Crippen LogP contribution in [0.1, 0.15) is 20.8 Å². The zero-order valence-corrected chi connectivity index (χ0v) is 9.81. The summed E-state index contributed by atoms with van der Waals surface area (Å²) in [6, 6.07) is -1.38. The molecule has 1 N–H and O–H groups in total. The molecule has 0 aliphatic carbocycles. The lowest BCUT2D eigenvalue weighted by Crippen LogP contribution is -2.44. The highest BCUT2D eigenvalue weighted by Gasteiger charge is 2.32. The molecule has 5 nitrogen and oxygen atoms in total. The van der Waals surface area contributed by atoms with Gasteiger partial charge in [-0.05, 0) is 32.9 Å². The summed E-state index contributed by atoms with van der Waals surface area (Å²) in [4.78, 5) is 23.4. The molecule has 1 heterocycles. The van der Waals surface area contributed by atoms with E-state index in [1.54, 1.807) is 20.8 Å². The SMILES string of the molecule is CC(C)(C)OC(=O)N1C=CC(F)=C[C@@H]1C(=O)O. The van der Waals surface area contributed by atoms with Crippen molar-refractivity contribution in [1.29, 1.82) is 0 Å². The van der Waals surface area contributed by atoms with Crippen LogP contribution in [0.5, 0.6) is 0 Å². The summed E-state index contributed by atoms with van der Waals surface area (Å²) in [7, 11) is 0. The second-order valence-electron chi connectivity index (χ2n) is 4.54. The Labute approximate surface area is 98.2 Å². The first-order valence-electron chi connectivity index (χ1n) is 5.00.